The fourth-order valence-electron chi connectivity index (χ4n) is 4.54. The highest BCUT2D eigenvalue weighted by molar-refractivity contribution is 7.92. The highest BCUT2D eigenvalue weighted by Crippen LogP contribution is 2.33. The summed E-state index contributed by atoms with van der Waals surface area (Å²) >= 11 is 0. The SMILES string of the molecule is COc1ccc(S(=O)(=O)N(CC(=O)N(Cc2ccccc2)[C@H](C)C(=O)NCC(C)C)c2cc(C)cc(C)c2)cc1OC. The molecular formula is C32H41N3O6S. The van der Waals surface area contributed by atoms with Crippen molar-refractivity contribution in [3.8, 4) is 11.5 Å². The lowest BCUT2D eigenvalue weighted by Gasteiger charge is -2.32. The quantitative estimate of drug-likeness (QED) is 0.307. The maximum absolute atomic E-state index is 14.2. The lowest BCUT2D eigenvalue weighted by Crippen LogP contribution is -2.51. The van der Waals surface area contributed by atoms with Crippen molar-refractivity contribution < 1.29 is 27.5 Å². The third kappa shape index (κ3) is 8.03. The van der Waals surface area contributed by atoms with Gasteiger partial charge in [-0.05, 0) is 67.6 Å². The molecule has 0 aliphatic heterocycles. The smallest absolute Gasteiger partial charge is 0.264 e. The summed E-state index contributed by atoms with van der Waals surface area (Å²) in [6, 6.07) is 18.1. The fraction of sp³-hybridized carbons (Fsp3) is 0.375. The second kappa shape index (κ2) is 14.2. The van der Waals surface area contributed by atoms with Crippen LogP contribution in [0, 0.1) is 19.8 Å². The van der Waals surface area contributed by atoms with Crippen LogP contribution in [0.4, 0.5) is 5.69 Å². The van der Waals surface area contributed by atoms with Crippen LogP contribution in [0.15, 0.2) is 71.6 Å². The van der Waals surface area contributed by atoms with Gasteiger partial charge in [0.2, 0.25) is 11.8 Å². The summed E-state index contributed by atoms with van der Waals surface area (Å²) in [7, 11) is -1.38. The van der Waals surface area contributed by atoms with Gasteiger partial charge in [0.15, 0.2) is 11.5 Å². The van der Waals surface area contributed by atoms with Crippen molar-refractivity contribution in [2.24, 2.45) is 5.92 Å². The van der Waals surface area contributed by atoms with E-state index < -0.39 is 28.5 Å². The van der Waals surface area contributed by atoms with Crippen LogP contribution in [0.5, 0.6) is 11.5 Å². The van der Waals surface area contributed by atoms with Crippen LogP contribution in [0.3, 0.4) is 0 Å². The van der Waals surface area contributed by atoms with E-state index in [2.05, 4.69) is 5.32 Å². The molecule has 0 heterocycles. The average molecular weight is 596 g/mol. The number of ether oxygens (including phenoxy) is 2. The number of rotatable bonds is 13. The number of carbonyl (C=O) groups is 2. The number of hydrogen-bond donors (Lipinski definition) is 1. The second-order valence-electron chi connectivity index (χ2n) is 10.7. The molecule has 0 unspecified atom stereocenters. The average Bonchev–Trinajstić information content (AvgIpc) is 2.96. The highest BCUT2D eigenvalue weighted by Gasteiger charge is 2.33. The summed E-state index contributed by atoms with van der Waals surface area (Å²) in [5, 5.41) is 2.89. The third-order valence-corrected chi connectivity index (χ3v) is 8.53. The third-order valence-electron chi connectivity index (χ3n) is 6.76. The summed E-state index contributed by atoms with van der Waals surface area (Å²) in [6.45, 7) is 9.42. The van der Waals surface area contributed by atoms with Gasteiger partial charge in [-0.15, -0.1) is 0 Å². The Balaban J connectivity index is 2.08. The van der Waals surface area contributed by atoms with Gasteiger partial charge in [-0.1, -0.05) is 50.2 Å². The number of nitrogens with zero attached hydrogens (tertiary/aromatic N) is 2. The number of hydrogen-bond acceptors (Lipinski definition) is 6. The standard InChI is InChI=1S/C32H41N3O6S/c1-22(2)19-33-32(37)25(5)34(20-26-11-9-8-10-12-26)31(36)21-35(27-16-23(3)15-24(4)17-27)42(38,39)28-13-14-29(40-6)30(18-28)41-7/h8-18,22,25H,19-21H2,1-7H3,(H,33,37)/t25-/m1/s1. The van der Waals surface area contributed by atoms with Crippen LogP contribution < -0.4 is 19.1 Å². The first-order chi connectivity index (χ1) is 19.9. The van der Waals surface area contributed by atoms with E-state index in [4.69, 9.17) is 9.47 Å². The number of anilines is 1. The minimum absolute atomic E-state index is 0.0653. The van der Waals surface area contributed by atoms with Gasteiger partial charge >= 0.3 is 0 Å². The molecule has 0 saturated heterocycles. The van der Waals surface area contributed by atoms with Crippen molar-refractivity contribution >= 4 is 27.5 Å². The van der Waals surface area contributed by atoms with Gasteiger partial charge in [-0.3, -0.25) is 13.9 Å². The van der Waals surface area contributed by atoms with E-state index in [1.807, 2.05) is 64.1 Å². The zero-order chi connectivity index (χ0) is 31.0. The molecule has 2 amide bonds. The minimum Gasteiger partial charge on any atom is -0.493 e. The summed E-state index contributed by atoms with van der Waals surface area (Å²) in [4.78, 5) is 28.6. The molecule has 0 aliphatic rings. The minimum atomic E-state index is -4.26. The summed E-state index contributed by atoms with van der Waals surface area (Å²) < 4.78 is 40.1. The van der Waals surface area contributed by atoms with Crippen molar-refractivity contribution in [3.05, 3.63) is 83.4 Å². The van der Waals surface area contributed by atoms with Crippen LogP contribution in [0.2, 0.25) is 0 Å². The van der Waals surface area contributed by atoms with Gasteiger partial charge in [0, 0.05) is 19.2 Å². The molecule has 0 saturated carbocycles. The number of methoxy groups -OCH3 is 2. The van der Waals surface area contributed by atoms with Crippen LogP contribution in [-0.4, -0.2) is 58.5 Å². The summed E-state index contributed by atoms with van der Waals surface area (Å²) in [5.74, 6) is 0.0150. The Morgan fingerprint density at radius 1 is 0.857 bits per heavy atom. The Bertz CT molecular complexity index is 1470. The Hall–Kier alpha value is -4.05. The number of amides is 2. The van der Waals surface area contributed by atoms with Gasteiger partial charge in [0.1, 0.15) is 12.6 Å². The predicted molar refractivity (Wildman–Crippen MR) is 164 cm³/mol. The first-order valence-corrected chi connectivity index (χ1v) is 15.3. The van der Waals surface area contributed by atoms with Gasteiger partial charge in [-0.25, -0.2) is 8.42 Å². The Morgan fingerprint density at radius 2 is 1.48 bits per heavy atom. The number of benzene rings is 3. The summed E-state index contributed by atoms with van der Waals surface area (Å²) in [5.41, 5.74) is 2.84. The van der Waals surface area contributed by atoms with Crippen molar-refractivity contribution in [2.45, 2.75) is 52.1 Å². The molecule has 42 heavy (non-hydrogen) atoms. The number of nitrogens with one attached hydrogen (secondary N) is 1. The number of aryl methyl sites for hydroxylation is 2. The van der Waals surface area contributed by atoms with Crippen LogP contribution in [0.25, 0.3) is 0 Å². The van der Waals surface area contributed by atoms with Gasteiger partial charge in [-0.2, -0.15) is 0 Å². The van der Waals surface area contributed by atoms with Gasteiger partial charge in [0.05, 0.1) is 24.8 Å². The van der Waals surface area contributed by atoms with Crippen molar-refractivity contribution in [3.63, 3.8) is 0 Å². The van der Waals surface area contributed by atoms with E-state index in [-0.39, 0.29) is 29.0 Å². The molecule has 1 atom stereocenters. The number of carbonyl (C=O) groups excluding carboxylic acids is 2. The topological polar surface area (TPSA) is 105 Å². The molecule has 3 aromatic rings. The van der Waals surface area contributed by atoms with Crippen LogP contribution in [-0.2, 0) is 26.2 Å². The lowest BCUT2D eigenvalue weighted by molar-refractivity contribution is -0.139. The zero-order valence-corrected chi connectivity index (χ0v) is 26.2. The molecule has 10 heteroatoms. The molecule has 1 N–H and O–H groups in total. The monoisotopic (exact) mass is 595 g/mol. The van der Waals surface area contributed by atoms with Crippen molar-refractivity contribution in [1.82, 2.24) is 10.2 Å². The molecule has 0 bridgehead atoms. The Morgan fingerprint density at radius 3 is 2.05 bits per heavy atom. The molecule has 0 radical (unpaired) electrons. The Labute approximate surface area is 249 Å². The maximum atomic E-state index is 14.2. The largest absolute Gasteiger partial charge is 0.493 e. The van der Waals surface area contributed by atoms with E-state index in [1.54, 1.807) is 19.1 Å². The number of sulfonamides is 1. The lowest BCUT2D eigenvalue weighted by atomic mass is 10.1. The molecule has 3 rings (SSSR count). The normalized spacial score (nSPS) is 12.0. The van der Waals surface area contributed by atoms with Crippen molar-refractivity contribution in [2.75, 3.05) is 31.6 Å². The zero-order valence-electron chi connectivity index (χ0n) is 25.4. The highest BCUT2D eigenvalue weighted by atomic mass is 32.2. The molecule has 3 aromatic carbocycles. The molecular weight excluding hydrogens is 554 g/mol. The van der Waals surface area contributed by atoms with Crippen LogP contribution in [0.1, 0.15) is 37.5 Å². The van der Waals surface area contributed by atoms with Gasteiger partial charge < -0.3 is 19.7 Å². The molecule has 0 aromatic heterocycles. The second-order valence-corrected chi connectivity index (χ2v) is 12.6. The first kappa shape index (κ1) is 32.5. The van der Waals surface area contributed by atoms with E-state index in [0.717, 1.165) is 21.0 Å². The maximum Gasteiger partial charge on any atom is 0.264 e. The van der Waals surface area contributed by atoms with E-state index in [0.29, 0.717) is 18.0 Å². The molecule has 0 fully saturated rings. The van der Waals surface area contributed by atoms with E-state index in [9.17, 15) is 18.0 Å². The Kier molecular flexibility index (Phi) is 11.0. The van der Waals surface area contributed by atoms with Crippen molar-refractivity contribution in [1.29, 1.82) is 0 Å². The first-order valence-electron chi connectivity index (χ1n) is 13.8. The molecule has 226 valence electrons. The molecule has 0 aliphatic carbocycles. The van der Waals surface area contributed by atoms with E-state index in [1.165, 1.54) is 37.3 Å². The molecule has 0 spiro atoms. The fourth-order valence-corrected chi connectivity index (χ4v) is 5.96. The molecule has 9 nitrogen and oxygen atoms in total. The summed E-state index contributed by atoms with van der Waals surface area (Å²) in [6.07, 6.45) is 0. The van der Waals surface area contributed by atoms with Gasteiger partial charge in [0.25, 0.3) is 10.0 Å². The van der Waals surface area contributed by atoms with E-state index >= 15 is 0 Å². The van der Waals surface area contributed by atoms with Crippen LogP contribution >= 0.6 is 0 Å². The predicted octanol–water partition coefficient (Wildman–Crippen LogP) is 4.71.